The van der Waals surface area contributed by atoms with Crippen molar-refractivity contribution in [2.75, 3.05) is 11.9 Å². The van der Waals surface area contributed by atoms with E-state index in [2.05, 4.69) is 17.2 Å². The number of aromatic nitrogens is 1. The highest BCUT2D eigenvalue weighted by Crippen LogP contribution is 2.23. The number of amides is 1. The van der Waals surface area contributed by atoms with Gasteiger partial charge in [0.15, 0.2) is 5.13 Å². The fourth-order valence-corrected chi connectivity index (χ4v) is 2.43. The first-order valence-corrected chi connectivity index (χ1v) is 7.34. The van der Waals surface area contributed by atoms with Crippen molar-refractivity contribution < 1.29 is 14.3 Å². The highest BCUT2D eigenvalue weighted by molar-refractivity contribution is 7.17. The fourth-order valence-electron chi connectivity index (χ4n) is 1.55. The third kappa shape index (κ3) is 4.98. The molecule has 6 heteroatoms. The molecule has 1 rings (SSSR count). The van der Waals surface area contributed by atoms with E-state index in [-0.39, 0.29) is 11.9 Å². The first kappa shape index (κ1) is 15.6. The van der Waals surface area contributed by atoms with Gasteiger partial charge in [0.2, 0.25) is 5.91 Å². The molecule has 106 valence electrons. The molecule has 0 saturated carbocycles. The molecule has 0 aliphatic heterocycles. The molecule has 1 amide bonds. The maximum absolute atomic E-state index is 11.6. The molecule has 1 aromatic rings. The van der Waals surface area contributed by atoms with Gasteiger partial charge in [0, 0.05) is 6.42 Å². The zero-order valence-corrected chi connectivity index (χ0v) is 12.4. The number of nitrogens with zero attached hydrogens (tertiary/aromatic N) is 1. The summed E-state index contributed by atoms with van der Waals surface area (Å²) in [7, 11) is 0. The Kier molecular flexibility index (Phi) is 6.49. The van der Waals surface area contributed by atoms with E-state index in [9.17, 15) is 9.59 Å². The minimum absolute atomic E-state index is 0.0578. The van der Waals surface area contributed by atoms with Crippen LogP contribution in [-0.4, -0.2) is 23.5 Å². The van der Waals surface area contributed by atoms with Gasteiger partial charge in [-0.1, -0.05) is 31.1 Å². The van der Waals surface area contributed by atoms with Crippen molar-refractivity contribution in [3.8, 4) is 0 Å². The number of hydrogen-bond acceptors (Lipinski definition) is 5. The maximum Gasteiger partial charge on any atom is 0.350 e. The van der Waals surface area contributed by atoms with Crippen LogP contribution in [0.3, 0.4) is 0 Å². The number of nitrogens with one attached hydrogen (secondary N) is 1. The van der Waals surface area contributed by atoms with E-state index in [0.29, 0.717) is 28.7 Å². The molecular formula is C13H20N2O3S. The van der Waals surface area contributed by atoms with Crippen molar-refractivity contribution in [1.82, 2.24) is 4.98 Å². The molecule has 0 atom stereocenters. The molecule has 0 aromatic carbocycles. The van der Waals surface area contributed by atoms with Crippen molar-refractivity contribution in [3.63, 3.8) is 0 Å². The molecule has 1 N–H and O–H groups in total. The first-order chi connectivity index (χ1) is 9.08. The van der Waals surface area contributed by atoms with Gasteiger partial charge in [-0.15, -0.1) is 0 Å². The normalized spacial score (nSPS) is 10.3. The summed E-state index contributed by atoms with van der Waals surface area (Å²) in [4.78, 5) is 27.9. The van der Waals surface area contributed by atoms with Crippen molar-refractivity contribution in [3.05, 3.63) is 10.6 Å². The minimum atomic E-state index is -0.385. The molecular weight excluding hydrogens is 264 g/mol. The molecule has 5 nitrogen and oxygen atoms in total. The Morgan fingerprint density at radius 2 is 2.05 bits per heavy atom. The molecule has 0 aliphatic carbocycles. The van der Waals surface area contributed by atoms with Crippen molar-refractivity contribution >= 4 is 28.3 Å². The molecule has 0 spiro atoms. The van der Waals surface area contributed by atoms with Crippen molar-refractivity contribution in [2.45, 2.75) is 46.5 Å². The van der Waals surface area contributed by atoms with Crippen LogP contribution in [0.5, 0.6) is 0 Å². The summed E-state index contributed by atoms with van der Waals surface area (Å²) in [5.41, 5.74) is 0.590. The number of aryl methyl sites for hydroxylation is 1. The second-order valence-corrected chi connectivity index (χ2v) is 5.16. The highest BCUT2D eigenvalue weighted by Gasteiger charge is 2.17. The Bertz CT molecular complexity index is 443. The Morgan fingerprint density at radius 1 is 1.32 bits per heavy atom. The summed E-state index contributed by atoms with van der Waals surface area (Å²) < 4.78 is 4.93. The SMILES string of the molecule is CCCCCC(=O)Nc1nc(C)c(C(=O)OCC)s1. The summed E-state index contributed by atoms with van der Waals surface area (Å²) in [5, 5.41) is 3.18. The second kappa shape index (κ2) is 7.89. The van der Waals surface area contributed by atoms with Crippen LogP contribution in [0.15, 0.2) is 0 Å². The van der Waals surface area contributed by atoms with Gasteiger partial charge in [-0.05, 0) is 20.3 Å². The second-order valence-electron chi connectivity index (χ2n) is 4.16. The number of ether oxygens (including phenoxy) is 1. The van der Waals surface area contributed by atoms with E-state index in [0.717, 1.165) is 30.6 Å². The highest BCUT2D eigenvalue weighted by atomic mass is 32.1. The molecule has 19 heavy (non-hydrogen) atoms. The quantitative estimate of drug-likeness (QED) is 0.617. The minimum Gasteiger partial charge on any atom is -0.462 e. The number of unbranched alkanes of at least 4 members (excludes halogenated alkanes) is 2. The molecule has 0 aliphatic rings. The van der Waals surface area contributed by atoms with Crippen LogP contribution in [-0.2, 0) is 9.53 Å². The lowest BCUT2D eigenvalue weighted by Crippen LogP contribution is -2.10. The van der Waals surface area contributed by atoms with Gasteiger partial charge in [-0.2, -0.15) is 0 Å². The number of esters is 1. The van der Waals surface area contributed by atoms with E-state index in [1.807, 2.05) is 0 Å². The van der Waals surface area contributed by atoms with Crippen LogP contribution in [0, 0.1) is 6.92 Å². The van der Waals surface area contributed by atoms with Crippen molar-refractivity contribution in [1.29, 1.82) is 0 Å². The molecule has 0 fully saturated rings. The standard InChI is InChI=1S/C13H20N2O3S/c1-4-6-7-8-10(16)15-13-14-9(3)11(19-13)12(17)18-5-2/h4-8H2,1-3H3,(H,14,15,16). The summed E-state index contributed by atoms with van der Waals surface area (Å²) in [6, 6.07) is 0. The molecule has 0 radical (unpaired) electrons. The van der Waals surface area contributed by atoms with Crippen LogP contribution >= 0.6 is 11.3 Å². The average Bonchev–Trinajstić information content (AvgIpc) is 2.71. The van der Waals surface area contributed by atoms with Crippen LogP contribution in [0.2, 0.25) is 0 Å². The van der Waals surface area contributed by atoms with E-state index in [4.69, 9.17) is 4.74 Å². The van der Waals surface area contributed by atoms with E-state index in [1.165, 1.54) is 0 Å². The third-order valence-corrected chi connectivity index (χ3v) is 3.56. The molecule has 1 heterocycles. The van der Waals surface area contributed by atoms with Gasteiger partial charge in [-0.3, -0.25) is 4.79 Å². The van der Waals surface area contributed by atoms with Crippen molar-refractivity contribution in [2.24, 2.45) is 0 Å². The van der Waals surface area contributed by atoms with Gasteiger partial charge < -0.3 is 10.1 Å². The Hall–Kier alpha value is -1.43. The number of carbonyl (C=O) groups excluding carboxylic acids is 2. The number of anilines is 1. The predicted molar refractivity (Wildman–Crippen MR) is 75.6 cm³/mol. The number of thiazole rings is 1. The summed E-state index contributed by atoms with van der Waals surface area (Å²) in [5.74, 6) is -0.443. The molecule has 0 saturated heterocycles. The van der Waals surface area contributed by atoms with Gasteiger partial charge in [0.1, 0.15) is 4.88 Å². The summed E-state index contributed by atoms with van der Waals surface area (Å²) in [6.45, 7) is 5.91. The monoisotopic (exact) mass is 284 g/mol. The lowest BCUT2D eigenvalue weighted by atomic mass is 10.2. The lowest BCUT2D eigenvalue weighted by Gasteiger charge is -2.00. The predicted octanol–water partition coefficient (Wildman–Crippen LogP) is 3.15. The molecule has 0 unspecified atom stereocenters. The number of rotatable bonds is 7. The lowest BCUT2D eigenvalue weighted by molar-refractivity contribution is -0.116. The van der Waals surface area contributed by atoms with E-state index >= 15 is 0 Å². The van der Waals surface area contributed by atoms with Gasteiger partial charge in [0.05, 0.1) is 12.3 Å². The fraction of sp³-hybridized carbons (Fsp3) is 0.615. The largest absolute Gasteiger partial charge is 0.462 e. The summed E-state index contributed by atoms with van der Waals surface area (Å²) in [6.07, 6.45) is 3.48. The topological polar surface area (TPSA) is 68.3 Å². The number of hydrogen-bond donors (Lipinski definition) is 1. The smallest absolute Gasteiger partial charge is 0.350 e. The zero-order valence-electron chi connectivity index (χ0n) is 11.6. The third-order valence-electron chi connectivity index (χ3n) is 2.51. The van der Waals surface area contributed by atoms with Gasteiger partial charge in [0.25, 0.3) is 0 Å². The zero-order chi connectivity index (χ0) is 14.3. The van der Waals surface area contributed by atoms with E-state index in [1.54, 1.807) is 13.8 Å². The summed E-state index contributed by atoms with van der Waals surface area (Å²) >= 11 is 1.16. The van der Waals surface area contributed by atoms with Crippen LogP contribution in [0.4, 0.5) is 5.13 Å². The van der Waals surface area contributed by atoms with Gasteiger partial charge >= 0.3 is 5.97 Å². The van der Waals surface area contributed by atoms with Crippen LogP contribution < -0.4 is 5.32 Å². The average molecular weight is 284 g/mol. The van der Waals surface area contributed by atoms with Gasteiger partial charge in [-0.25, -0.2) is 9.78 Å². The van der Waals surface area contributed by atoms with E-state index < -0.39 is 0 Å². The van der Waals surface area contributed by atoms with Crippen LogP contribution in [0.25, 0.3) is 0 Å². The van der Waals surface area contributed by atoms with Crippen LogP contribution in [0.1, 0.15) is 54.9 Å². The Labute approximate surface area is 117 Å². The number of carbonyl (C=O) groups is 2. The first-order valence-electron chi connectivity index (χ1n) is 6.52. The molecule has 0 bridgehead atoms. The maximum atomic E-state index is 11.6. The molecule has 1 aromatic heterocycles. The Morgan fingerprint density at radius 3 is 2.68 bits per heavy atom. The Balaban J connectivity index is 2.58.